The number of aromatic nitrogens is 2. The molecule has 0 atom stereocenters. The topological polar surface area (TPSA) is 54.7 Å². The highest BCUT2D eigenvalue weighted by atomic mass is 79.9. The lowest BCUT2D eigenvalue weighted by atomic mass is 10.1. The number of amides is 1. The van der Waals surface area contributed by atoms with Gasteiger partial charge in [-0.2, -0.15) is 0 Å². The van der Waals surface area contributed by atoms with Crippen molar-refractivity contribution in [3.63, 3.8) is 0 Å². The van der Waals surface area contributed by atoms with E-state index in [1.54, 1.807) is 12.1 Å². The number of anilines is 1. The zero-order chi connectivity index (χ0) is 14.6. The van der Waals surface area contributed by atoms with Crippen LogP contribution in [0.3, 0.4) is 0 Å². The van der Waals surface area contributed by atoms with Crippen molar-refractivity contribution in [1.82, 2.24) is 9.38 Å². The predicted molar refractivity (Wildman–Crippen MR) is 82.7 cm³/mol. The summed E-state index contributed by atoms with van der Waals surface area (Å²) in [6.45, 7) is 0.299. The van der Waals surface area contributed by atoms with Gasteiger partial charge >= 0.3 is 0 Å². The molecule has 104 valence electrons. The Balaban J connectivity index is 1.74. The van der Waals surface area contributed by atoms with Gasteiger partial charge in [0, 0.05) is 22.2 Å². The lowest BCUT2D eigenvalue weighted by Crippen LogP contribution is -2.29. The molecule has 0 spiro atoms. The first-order valence-electron chi connectivity index (χ1n) is 6.20. The summed E-state index contributed by atoms with van der Waals surface area (Å²) in [5.41, 5.74) is 1.85. The van der Waals surface area contributed by atoms with Crippen molar-refractivity contribution in [1.29, 1.82) is 0 Å². The lowest BCUT2D eigenvalue weighted by molar-refractivity contribution is -0.114. The zero-order valence-electron chi connectivity index (χ0n) is 10.6. The Kier molecular flexibility index (Phi) is 2.73. The van der Waals surface area contributed by atoms with Crippen LogP contribution in [-0.2, 0) is 11.3 Å². The van der Waals surface area contributed by atoms with Crippen LogP contribution in [0.1, 0.15) is 16.1 Å². The fourth-order valence-corrected chi connectivity index (χ4v) is 3.52. The number of Topliss-reactive ketones (excluding diaryl/α,β-unsaturated/α-hetero) is 1. The minimum atomic E-state index is -0.501. The van der Waals surface area contributed by atoms with Gasteiger partial charge in [0.2, 0.25) is 0 Å². The molecule has 1 amide bonds. The van der Waals surface area contributed by atoms with Gasteiger partial charge in [-0.1, -0.05) is 15.9 Å². The number of halogens is 1. The van der Waals surface area contributed by atoms with Crippen LogP contribution in [0.25, 0.3) is 4.96 Å². The van der Waals surface area contributed by atoms with Crippen molar-refractivity contribution in [3.05, 3.63) is 51.7 Å². The van der Waals surface area contributed by atoms with E-state index in [2.05, 4.69) is 20.9 Å². The minimum Gasteiger partial charge on any atom is -0.299 e. The molecule has 2 aromatic heterocycles. The second-order valence-corrected chi connectivity index (χ2v) is 6.50. The Labute approximate surface area is 132 Å². The average molecular weight is 362 g/mol. The Hall–Kier alpha value is -1.99. The molecule has 4 rings (SSSR count). The van der Waals surface area contributed by atoms with Crippen LogP contribution >= 0.6 is 27.3 Å². The third-order valence-corrected chi connectivity index (χ3v) is 4.66. The van der Waals surface area contributed by atoms with Gasteiger partial charge in [-0.05, 0) is 18.2 Å². The maximum Gasteiger partial charge on any atom is 0.299 e. The summed E-state index contributed by atoms with van der Waals surface area (Å²) in [5.74, 6) is -0.966. The molecule has 0 unspecified atom stereocenters. The van der Waals surface area contributed by atoms with Crippen LogP contribution in [0, 0.1) is 0 Å². The number of ketones is 1. The van der Waals surface area contributed by atoms with E-state index in [4.69, 9.17) is 0 Å². The van der Waals surface area contributed by atoms with Gasteiger partial charge in [-0.15, -0.1) is 11.3 Å². The van der Waals surface area contributed by atoms with E-state index in [-0.39, 0.29) is 0 Å². The van der Waals surface area contributed by atoms with Crippen LogP contribution in [0.15, 0.2) is 40.4 Å². The summed E-state index contributed by atoms with van der Waals surface area (Å²) in [7, 11) is 0. The number of hydrogen-bond acceptors (Lipinski definition) is 4. The first-order valence-corrected chi connectivity index (χ1v) is 7.87. The van der Waals surface area contributed by atoms with Crippen molar-refractivity contribution in [3.8, 4) is 0 Å². The molecule has 0 bridgehead atoms. The molecule has 5 nitrogen and oxygen atoms in total. The fourth-order valence-electron chi connectivity index (χ4n) is 2.44. The fraction of sp³-hybridized carbons (Fsp3) is 0.0714. The molecule has 0 saturated carbocycles. The number of imidazole rings is 1. The molecule has 0 fully saturated rings. The highest BCUT2D eigenvalue weighted by Crippen LogP contribution is 2.32. The second kappa shape index (κ2) is 4.51. The summed E-state index contributed by atoms with van der Waals surface area (Å²) in [5, 5.41) is 1.95. The van der Waals surface area contributed by atoms with Gasteiger partial charge in [0.15, 0.2) is 4.96 Å². The van der Waals surface area contributed by atoms with E-state index in [1.165, 1.54) is 16.2 Å². The first-order chi connectivity index (χ1) is 10.1. The number of carbonyl (C=O) groups is 2. The second-order valence-electron chi connectivity index (χ2n) is 4.71. The molecule has 3 aromatic rings. The molecule has 0 radical (unpaired) electrons. The van der Waals surface area contributed by atoms with Gasteiger partial charge in [-0.3, -0.25) is 18.9 Å². The quantitative estimate of drug-likeness (QED) is 0.659. The van der Waals surface area contributed by atoms with Gasteiger partial charge in [0.1, 0.15) is 0 Å². The standard InChI is InChI=1S/C14H8BrN3O2S/c15-8-1-2-11-10(5-8)12(19)13(20)18(11)7-9-6-17-3-4-21-14(17)16-9/h1-6H,7H2. The van der Waals surface area contributed by atoms with Crippen molar-refractivity contribution in [2.75, 3.05) is 4.90 Å². The molecule has 21 heavy (non-hydrogen) atoms. The predicted octanol–water partition coefficient (Wildman–Crippen LogP) is 2.89. The lowest BCUT2D eigenvalue weighted by Gasteiger charge is -2.14. The number of carbonyl (C=O) groups excluding carboxylic acids is 2. The molecular weight excluding hydrogens is 354 g/mol. The summed E-state index contributed by atoms with van der Waals surface area (Å²) in [6, 6.07) is 5.28. The van der Waals surface area contributed by atoms with E-state index in [9.17, 15) is 9.59 Å². The van der Waals surface area contributed by atoms with Crippen molar-refractivity contribution >= 4 is 49.6 Å². The molecule has 0 N–H and O–H groups in total. The van der Waals surface area contributed by atoms with Crippen LogP contribution < -0.4 is 4.90 Å². The number of rotatable bonds is 2. The molecule has 3 heterocycles. The highest BCUT2D eigenvalue weighted by molar-refractivity contribution is 9.10. The maximum absolute atomic E-state index is 12.2. The summed E-state index contributed by atoms with van der Waals surface area (Å²) >= 11 is 4.85. The third kappa shape index (κ3) is 1.92. The van der Waals surface area contributed by atoms with Gasteiger partial charge in [0.25, 0.3) is 11.7 Å². The molecule has 1 aliphatic heterocycles. The molecular formula is C14H8BrN3O2S. The van der Waals surface area contributed by atoms with Gasteiger partial charge in [0.05, 0.1) is 23.5 Å². The van der Waals surface area contributed by atoms with Crippen molar-refractivity contribution in [2.45, 2.75) is 6.54 Å². The summed E-state index contributed by atoms with van der Waals surface area (Å²) in [4.78, 5) is 31.0. The maximum atomic E-state index is 12.2. The molecule has 1 aliphatic rings. The van der Waals surface area contributed by atoms with Crippen LogP contribution in [-0.4, -0.2) is 21.1 Å². The summed E-state index contributed by atoms with van der Waals surface area (Å²) in [6.07, 6.45) is 3.79. The number of fused-ring (bicyclic) bond motifs is 2. The normalized spacial score (nSPS) is 14.2. The third-order valence-electron chi connectivity index (χ3n) is 3.40. The van der Waals surface area contributed by atoms with Crippen molar-refractivity contribution < 1.29 is 9.59 Å². The molecule has 1 aromatic carbocycles. The largest absolute Gasteiger partial charge is 0.299 e. The van der Waals surface area contributed by atoms with E-state index in [1.807, 2.05) is 28.2 Å². The SMILES string of the molecule is O=C1C(=O)N(Cc2cn3ccsc3n2)c2ccc(Br)cc21. The van der Waals surface area contributed by atoms with E-state index >= 15 is 0 Å². The average Bonchev–Trinajstić information content (AvgIpc) is 3.09. The van der Waals surface area contributed by atoms with Crippen LogP contribution in [0.5, 0.6) is 0 Å². The minimum absolute atomic E-state index is 0.299. The number of thiazole rings is 1. The Morgan fingerprint density at radius 1 is 1.29 bits per heavy atom. The van der Waals surface area contributed by atoms with Gasteiger partial charge in [-0.25, -0.2) is 4.98 Å². The van der Waals surface area contributed by atoms with E-state index in [0.717, 1.165) is 15.1 Å². The van der Waals surface area contributed by atoms with Crippen LogP contribution in [0.2, 0.25) is 0 Å². The molecule has 7 heteroatoms. The Morgan fingerprint density at radius 2 is 2.14 bits per heavy atom. The van der Waals surface area contributed by atoms with E-state index < -0.39 is 11.7 Å². The Morgan fingerprint density at radius 3 is 2.95 bits per heavy atom. The molecule has 0 aliphatic carbocycles. The zero-order valence-corrected chi connectivity index (χ0v) is 13.0. The van der Waals surface area contributed by atoms with Crippen LogP contribution in [0.4, 0.5) is 5.69 Å². The van der Waals surface area contributed by atoms with Gasteiger partial charge < -0.3 is 0 Å². The monoisotopic (exact) mass is 361 g/mol. The Bertz CT molecular complexity index is 870. The first kappa shape index (κ1) is 12.7. The molecule has 0 saturated heterocycles. The van der Waals surface area contributed by atoms with E-state index in [0.29, 0.717) is 17.8 Å². The highest BCUT2D eigenvalue weighted by Gasteiger charge is 2.36. The summed E-state index contributed by atoms with van der Waals surface area (Å²) < 4.78 is 2.69. The number of hydrogen-bond donors (Lipinski definition) is 0. The number of benzene rings is 1. The smallest absolute Gasteiger partial charge is 0.299 e. The van der Waals surface area contributed by atoms with Crippen molar-refractivity contribution in [2.24, 2.45) is 0 Å². The number of nitrogens with zero attached hydrogens (tertiary/aromatic N) is 3.